The van der Waals surface area contributed by atoms with Crippen LogP contribution >= 0.6 is 0 Å². The largest absolute Gasteiger partial charge is 0.325 e. The highest BCUT2D eigenvalue weighted by Gasteiger charge is 2.48. The third-order valence-corrected chi connectivity index (χ3v) is 3.89. The molecule has 1 N–H and O–H groups in total. The lowest BCUT2D eigenvalue weighted by atomic mass is 9.91. The number of aromatic nitrogens is 3. The van der Waals surface area contributed by atoms with Gasteiger partial charge in [-0.3, -0.25) is 14.4 Å². The lowest BCUT2D eigenvalue weighted by Crippen LogP contribution is -2.41. The van der Waals surface area contributed by atoms with Crippen molar-refractivity contribution in [2.75, 3.05) is 6.54 Å². The van der Waals surface area contributed by atoms with Gasteiger partial charge >= 0.3 is 6.03 Å². The van der Waals surface area contributed by atoms with Crippen LogP contribution in [-0.4, -0.2) is 38.1 Å². The Morgan fingerprint density at radius 2 is 2.00 bits per heavy atom. The van der Waals surface area contributed by atoms with Crippen LogP contribution < -0.4 is 5.32 Å². The highest BCUT2D eigenvalue weighted by atomic mass is 16.2. The van der Waals surface area contributed by atoms with Gasteiger partial charge in [0.2, 0.25) is 0 Å². The molecule has 8 nitrogen and oxygen atoms in total. The van der Waals surface area contributed by atoms with E-state index in [-0.39, 0.29) is 12.5 Å². The van der Waals surface area contributed by atoms with Crippen molar-refractivity contribution in [2.45, 2.75) is 19.0 Å². The number of hydrogen-bond donors (Lipinski definition) is 1. The third kappa shape index (κ3) is 2.53. The molecule has 1 unspecified atom stereocenters. The number of nitrogens with zero attached hydrogens (tertiary/aromatic N) is 5. The SMILES string of the molecule is CC1(c2ccc(C#N)cc2)NC(=O)N(CCn2cncn2)C1=O. The van der Waals surface area contributed by atoms with Gasteiger partial charge in [-0.25, -0.2) is 9.78 Å². The Balaban J connectivity index is 1.80. The van der Waals surface area contributed by atoms with Gasteiger partial charge in [0.15, 0.2) is 0 Å². The highest BCUT2D eigenvalue weighted by Crippen LogP contribution is 2.28. The summed E-state index contributed by atoms with van der Waals surface area (Å²) in [5.41, 5.74) is 0.00299. The van der Waals surface area contributed by atoms with Crippen molar-refractivity contribution in [3.63, 3.8) is 0 Å². The molecule has 1 fully saturated rings. The number of nitrogens with one attached hydrogen (secondary N) is 1. The first-order valence-electron chi connectivity index (χ1n) is 7.02. The molecule has 3 amide bonds. The van der Waals surface area contributed by atoms with Gasteiger partial charge in [-0.05, 0) is 24.6 Å². The molecule has 1 atom stereocenters. The monoisotopic (exact) mass is 310 g/mol. The molecule has 0 spiro atoms. The molecule has 0 aliphatic carbocycles. The average Bonchev–Trinajstić information content (AvgIpc) is 3.14. The van der Waals surface area contributed by atoms with Crippen molar-refractivity contribution in [3.05, 3.63) is 48.0 Å². The number of imide groups is 1. The number of benzene rings is 1. The standard InChI is InChI=1S/C15H14N6O2/c1-15(12-4-2-11(8-16)3-5-12)13(22)21(14(23)19-15)7-6-20-10-17-9-18-20/h2-5,9-10H,6-7H2,1H3,(H,19,23). The number of hydrogen-bond acceptors (Lipinski definition) is 5. The van der Waals surface area contributed by atoms with Crippen molar-refractivity contribution in [3.8, 4) is 6.07 Å². The van der Waals surface area contributed by atoms with Crippen LogP contribution in [-0.2, 0) is 16.9 Å². The summed E-state index contributed by atoms with van der Waals surface area (Å²) in [5.74, 6) is -0.327. The minimum absolute atomic E-state index is 0.208. The molecule has 23 heavy (non-hydrogen) atoms. The van der Waals surface area contributed by atoms with E-state index in [4.69, 9.17) is 5.26 Å². The highest BCUT2D eigenvalue weighted by molar-refractivity contribution is 6.07. The van der Waals surface area contributed by atoms with Gasteiger partial charge in [0.05, 0.1) is 24.7 Å². The lowest BCUT2D eigenvalue weighted by molar-refractivity contribution is -0.131. The quantitative estimate of drug-likeness (QED) is 0.834. The third-order valence-electron chi connectivity index (χ3n) is 3.89. The molecular formula is C15H14N6O2. The number of nitriles is 1. The van der Waals surface area contributed by atoms with E-state index in [9.17, 15) is 9.59 Å². The van der Waals surface area contributed by atoms with Gasteiger partial charge in [-0.1, -0.05) is 12.1 Å². The average molecular weight is 310 g/mol. The summed E-state index contributed by atoms with van der Waals surface area (Å²) in [7, 11) is 0. The minimum Gasteiger partial charge on any atom is -0.319 e. The van der Waals surface area contributed by atoms with Crippen LogP contribution in [0.2, 0.25) is 0 Å². The fourth-order valence-electron chi connectivity index (χ4n) is 2.52. The predicted molar refractivity (Wildman–Crippen MR) is 78.8 cm³/mol. The first-order chi connectivity index (χ1) is 11.0. The molecule has 3 rings (SSSR count). The molecule has 1 aromatic heterocycles. The fraction of sp³-hybridized carbons (Fsp3) is 0.267. The second kappa shape index (κ2) is 5.53. The first kappa shape index (κ1) is 14.7. The summed E-state index contributed by atoms with van der Waals surface area (Å²) >= 11 is 0. The zero-order valence-corrected chi connectivity index (χ0v) is 12.4. The summed E-state index contributed by atoms with van der Waals surface area (Å²) in [5, 5.41) is 15.5. The summed E-state index contributed by atoms with van der Waals surface area (Å²) in [6, 6.07) is 8.18. The van der Waals surface area contributed by atoms with Crippen LogP contribution in [0.15, 0.2) is 36.9 Å². The van der Waals surface area contributed by atoms with E-state index in [1.165, 1.54) is 17.6 Å². The Morgan fingerprint density at radius 3 is 2.61 bits per heavy atom. The molecule has 0 bridgehead atoms. The second-order valence-corrected chi connectivity index (χ2v) is 5.36. The van der Waals surface area contributed by atoms with Gasteiger partial charge in [-0.2, -0.15) is 10.4 Å². The maximum Gasteiger partial charge on any atom is 0.325 e. The summed E-state index contributed by atoms with van der Waals surface area (Å²) in [6.45, 7) is 2.24. The molecule has 1 aliphatic rings. The molecular weight excluding hydrogens is 296 g/mol. The van der Waals surface area contributed by atoms with E-state index in [1.54, 1.807) is 35.9 Å². The zero-order chi connectivity index (χ0) is 16.4. The Morgan fingerprint density at radius 1 is 1.26 bits per heavy atom. The molecule has 0 radical (unpaired) electrons. The molecule has 2 heterocycles. The molecule has 116 valence electrons. The second-order valence-electron chi connectivity index (χ2n) is 5.36. The Kier molecular flexibility index (Phi) is 3.54. The van der Waals surface area contributed by atoms with Crippen molar-refractivity contribution >= 4 is 11.9 Å². The predicted octanol–water partition coefficient (Wildman–Crippen LogP) is 0.617. The molecule has 1 aromatic carbocycles. The normalized spacial score (nSPS) is 20.4. The molecule has 1 saturated heterocycles. The molecule has 0 saturated carbocycles. The van der Waals surface area contributed by atoms with Gasteiger partial charge in [0.1, 0.15) is 18.2 Å². The fourth-order valence-corrected chi connectivity index (χ4v) is 2.52. The number of rotatable bonds is 4. The number of urea groups is 1. The summed E-state index contributed by atoms with van der Waals surface area (Å²) < 4.78 is 1.55. The number of amides is 3. The van der Waals surface area contributed by atoms with E-state index in [2.05, 4.69) is 15.4 Å². The van der Waals surface area contributed by atoms with Crippen LogP contribution in [0.1, 0.15) is 18.1 Å². The van der Waals surface area contributed by atoms with Gasteiger partial charge < -0.3 is 5.32 Å². The van der Waals surface area contributed by atoms with Crippen LogP contribution in [0, 0.1) is 11.3 Å². The van der Waals surface area contributed by atoms with Crippen LogP contribution in [0.3, 0.4) is 0 Å². The van der Waals surface area contributed by atoms with E-state index in [1.807, 2.05) is 6.07 Å². The van der Waals surface area contributed by atoms with Crippen LogP contribution in [0.4, 0.5) is 4.79 Å². The maximum absolute atomic E-state index is 12.7. The van der Waals surface area contributed by atoms with E-state index in [0.717, 1.165) is 0 Å². The van der Waals surface area contributed by atoms with E-state index < -0.39 is 11.6 Å². The van der Waals surface area contributed by atoms with E-state index >= 15 is 0 Å². The minimum atomic E-state index is -1.13. The van der Waals surface area contributed by atoms with Crippen LogP contribution in [0.25, 0.3) is 0 Å². The summed E-state index contributed by atoms with van der Waals surface area (Å²) in [6.07, 6.45) is 2.92. The first-order valence-corrected chi connectivity index (χ1v) is 7.02. The van der Waals surface area contributed by atoms with Crippen LogP contribution in [0.5, 0.6) is 0 Å². The summed E-state index contributed by atoms with van der Waals surface area (Å²) in [4.78, 5) is 29.8. The molecule has 2 aromatic rings. The Bertz CT molecular complexity index is 777. The van der Waals surface area contributed by atoms with Crippen molar-refractivity contribution in [2.24, 2.45) is 0 Å². The number of carbonyl (C=O) groups excluding carboxylic acids is 2. The number of carbonyl (C=O) groups is 2. The van der Waals surface area contributed by atoms with Crippen molar-refractivity contribution < 1.29 is 9.59 Å². The smallest absolute Gasteiger partial charge is 0.319 e. The van der Waals surface area contributed by atoms with Gasteiger partial charge in [0.25, 0.3) is 5.91 Å². The Hall–Kier alpha value is -3.21. The molecule has 8 heteroatoms. The maximum atomic E-state index is 12.7. The lowest BCUT2D eigenvalue weighted by Gasteiger charge is -2.22. The van der Waals surface area contributed by atoms with Crippen molar-refractivity contribution in [1.82, 2.24) is 25.0 Å². The van der Waals surface area contributed by atoms with Crippen molar-refractivity contribution in [1.29, 1.82) is 5.26 Å². The van der Waals surface area contributed by atoms with Gasteiger partial charge in [0, 0.05) is 0 Å². The Labute approximate surface area is 132 Å². The van der Waals surface area contributed by atoms with E-state index in [0.29, 0.717) is 17.7 Å². The topological polar surface area (TPSA) is 104 Å². The zero-order valence-electron chi connectivity index (χ0n) is 12.4. The van der Waals surface area contributed by atoms with Gasteiger partial charge in [-0.15, -0.1) is 0 Å². The molecule has 1 aliphatic heterocycles.